The van der Waals surface area contributed by atoms with Crippen LogP contribution in [0.25, 0.3) is 11.0 Å². The summed E-state index contributed by atoms with van der Waals surface area (Å²) in [5, 5.41) is 4.72. The Balaban J connectivity index is 1.86. The van der Waals surface area contributed by atoms with Crippen molar-refractivity contribution in [1.29, 1.82) is 0 Å². The van der Waals surface area contributed by atoms with E-state index in [2.05, 4.69) is 20.5 Å². The summed E-state index contributed by atoms with van der Waals surface area (Å²) >= 11 is 0. The highest BCUT2D eigenvalue weighted by atomic mass is 16.2. The molecule has 6 nitrogen and oxygen atoms in total. The minimum absolute atomic E-state index is 0.00453. The second-order valence-corrected chi connectivity index (χ2v) is 4.96. The molecule has 2 heterocycles. The number of rotatable bonds is 3. The van der Waals surface area contributed by atoms with Crippen molar-refractivity contribution in [3.8, 4) is 0 Å². The third-order valence-electron chi connectivity index (χ3n) is 3.38. The Morgan fingerprint density at radius 2 is 1.96 bits per heavy atom. The lowest BCUT2D eigenvalue weighted by Crippen LogP contribution is -2.27. The molecule has 0 atom stereocenters. The number of pyridine rings is 2. The summed E-state index contributed by atoms with van der Waals surface area (Å²) in [5.41, 5.74) is 3.89. The highest BCUT2D eigenvalue weighted by Crippen LogP contribution is 2.07. The Morgan fingerprint density at radius 3 is 2.74 bits per heavy atom. The summed E-state index contributed by atoms with van der Waals surface area (Å²) in [5.74, 6) is -0.563. The van der Waals surface area contributed by atoms with Crippen molar-refractivity contribution in [2.75, 3.05) is 0 Å². The van der Waals surface area contributed by atoms with E-state index >= 15 is 0 Å². The van der Waals surface area contributed by atoms with Gasteiger partial charge in [-0.15, -0.1) is 0 Å². The fourth-order valence-corrected chi connectivity index (χ4v) is 2.14. The van der Waals surface area contributed by atoms with E-state index in [1.54, 1.807) is 25.3 Å². The summed E-state index contributed by atoms with van der Waals surface area (Å²) in [6.45, 7) is 1.78. The summed E-state index contributed by atoms with van der Waals surface area (Å²) in [7, 11) is 0. The fourth-order valence-electron chi connectivity index (χ4n) is 2.14. The van der Waals surface area contributed by atoms with Gasteiger partial charge in [0.15, 0.2) is 0 Å². The molecule has 2 aromatic heterocycles. The molecule has 0 saturated carbocycles. The molecule has 1 amide bonds. The van der Waals surface area contributed by atoms with E-state index in [1.807, 2.05) is 30.3 Å². The number of hydrogen-bond donors (Lipinski definition) is 2. The highest BCUT2D eigenvalue weighted by Gasteiger charge is 2.11. The number of carbonyl (C=O) groups is 1. The average molecular weight is 306 g/mol. The molecule has 1 aromatic carbocycles. The zero-order valence-electron chi connectivity index (χ0n) is 12.4. The van der Waals surface area contributed by atoms with E-state index in [1.165, 1.54) is 6.07 Å². The number of nitrogens with one attached hydrogen (secondary N) is 2. The van der Waals surface area contributed by atoms with Crippen LogP contribution in [0.4, 0.5) is 0 Å². The Bertz CT molecular complexity index is 945. The van der Waals surface area contributed by atoms with Crippen LogP contribution in [-0.4, -0.2) is 21.6 Å². The maximum atomic E-state index is 12.2. The van der Waals surface area contributed by atoms with Gasteiger partial charge in [0.2, 0.25) is 0 Å². The number of nitrogens with zero attached hydrogens (tertiary/aromatic N) is 2. The van der Waals surface area contributed by atoms with E-state index < -0.39 is 11.5 Å². The highest BCUT2D eigenvalue weighted by molar-refractivity contribution is 6.01. The molecule has 3 aromatic rings. The molecule has 0 aliphatic rings. The lowest BCUT2D eigenvalue weighted by Gasteiger charge is -2.03. The van der Waals surface area contributed by atoms with Crippen LogP contribution in [0.1, 0.15) is 22.8 Å². The Labute approximate surface area is 131 Å². The van der Waals surface area contributed by atoms with Gasteiger partial charge in [0, 0.05) is 11.6 Å². The molecule has 0 aliphatic heterocycles. The maximum Gasteiger partial charge on any atom is 0.276 e. The predicted molar refractivity (Wildman–Crippen MR) is 88.5 cm³/mol. The minimum atomic E-state index is -0.563. The summed E-state index contributed by atoms with van der Waals surface area (Å²) in [6.07, 6.45) is 1.57. The first-order valence-electron chi connectivity index (χ1n) is 7.03. The standard InChI is InChI=1S/C17H14N4O2/c1-11(12-6-3-2-4-7-12)20-21-17(23)14-10-13-8-5-9-18-15(13)19-16(14)22/h2-10H,1H3,(H,21,23)(H,18,19,22)/b20-11+. The number of fused-ring (bicyclic) bond motifs is 1. The van der Waals surface area contributed by atoms with E-state index in [0.29, 0.717) is 16.7 Å². The predicted octanol–water partition coefficient (Wildman–Crippen LogP) is 2.08. The number of hydrogen-bond acceptors (Lipinski definition) is 4. The largest absolute Gasteiger partial charge is 0.306 e. The van der Waals surface area contributed by atoms with Gasteiger partial charge >= 0.3 is 0 Å². The zero-order valence-corrected chi connectivity index (χ0v) is 12.4. The number of carbonyl (C=O) groups excluding carboxylic acids is 1. The Hall–Kier alpha value is -3.28. The van der Waals surface area contributed by atoms with Crippen molar-refractivity contribution >= 4 is 22.7 Å². The smallest absolute Gasteiger partial charge is 0.276 e. The van der Waals surface area contributed by atoms with Crippen molar-refractivity contribution in [1.82, 2.24) is 15.4 Å². The molecule has 0 spiro atoms. The van der Waals surface area contributed by atoms with Gasteiger partial charge in [-0.3, -0.25) is 9.59 Å². The van der Waals surface area contributed by atoms with Crippen LogP contribution in [0.2, 0.25) is 0 Å². The van der Waals surface area contributed by atoms with Crippen LogP contribution in [0.15, 0.2) is 64.6 Å². The summed E-state index contributed by atoms with van der Waals surface area (Å²) in [6, 6.07) is 14.5. The maximum absolute atomic E-state index is 12.2. The van der Waals surface area contributed by atoms with Crippen LogP contribution in [0, 0.1) is 0 Å². The molecule has 3 rings (SSSR count). The number of benzene rings is 1. The molecule has 0 saturated heterocycles. The van der Waals surface area contributed by atoms with Crippen LogP contribution >= 0.6 is 0 Å². The van der Waals surface area contributed by atoms with Crippen LogP contribution in [0.5, 0.6) is 0 Å². The number of amides is 1. The van der Waals surface area contributed by atoms with Gasteiger partial charge in [-0.05, 0) is 30.7 Å². The summed E-state index contributed by atoms with van der Waals surface area (Å²) in [4.78, 5) is 30.8. The number of H-pyrrole nitrogens is 1. The molecule has 0 radical (unpaired) electrons. The molecular formula is C17H14N4O2. The Kier molecular flexibility index (Phi) is 3.97. The molecular weight excluding hydrogens is 292 g/mol. The van der Waals surface area contributed by atoms with Gasteiger partial charge in [-0.1, -0.05) is 30.3 Å². The van der Waals surface area contributed by atoms with E-state index in [0.717, 1.165) is 5.56 Å². The van der Waals surface area contributed by atoms with Gasteiger partial charge < -0.3 is 4.98 Å². The summed E-state index contributed by atoms with van der Waals surface area (Å²) < 4.78 is 0. The van der Waals surface area contributed by atoms with Crippen molar-refractivity contribution in [3.05, 3.63) is 76.2 Å². The number of aromatic nitrogens is 2. The molecule has 0 fully saturated rings. The van der Waals surface area contributed by atoms with E-state index in [4.69, 9.17) is 0 Å². The SMILES string of the molecule is C/C(=N\NC(=O)c1cc2cccnc2[nH]c1=O)c1ccccc1. The third kappa shape index (κ3) is 3.16. The molecule has 0 unspecified atom stereocenters. The Morgan fingerprint density at radius 1 is 1.17 bits per heavy atom. The lowest BCUT2D eigenvalue weighted by atomic mass is 10.1. The van der Waals surface area contributed by atoms with Gasteiger partial charge in [0.1, 0.15) is 11.2 Å². The first-order chi connectivity index (χ1) is 11.1. The quantitative estimate of drug-likeness (QED) is 0.573. The molecule has 6 heteroatoms. The topological polar surface area (TPSA) is 87.2 Å². The zero-order chi connectivity index (χ0) is 16.2. The van der Waals surface area contributed by atoms with Gasteiger partial charge in [-0.2, -0.15) is 5.10 Å². The molecule has 2 N–H and O–H groups in total. The molecule has 23 heavy (non-hydrogen) atoms. The first kappa shape index (κ1) is 14.6. The van der Waals surface area contributed by atoms with Gasteiger partial charge in [0.05, 0.1) is 5.71 Å². The first-order valence-corrected chi connectivity index (χ1v) is 7.03. The normalized spacial score (nSPS) is 11.4. The lowest BCUT2D eigenvalue weighted by molar-refractivity contribution is 0.0953. The minimum Gasteiger partial charge on any atom is -0.306 e. The second-order valence-electron chi connectivity index (χ2n) is 4.96. The monoisotopic (exact) mass is 306 g/mol. The van der Waals surface area contributed by atoms with Crippen LogP contribution < -0.4 is 11.0 Å². The third-order valence-corrected chi connectivity index (χ3v) is 3.38. The number of aromatic amines is 1. The van der Waals surface area contributed by atoms with E-state index in [9.17, 15) is 9.59 Å². The molecule has 114 valence electrons. The van der Waals surface area contributed by atoms with Crippen molar-refractivity contribution < 1.29 is 4.79 Å². The van der Waals surface area contributed by atoms with Crippen molar-refractivity contribution in [3.63, 3.8) is 0 Å². The van der Waals surface area contributed by atoms with Gasteiger partial charge in [0.25, 0.3) is 11.5 Å². The molecule has 0 aliphatic carbocycles. The second kappa shape index (κ2) is 6.23. The van der Waals surface area contributed by atoms with E-state index in [-0.39, 0.29) is 5.56 Å². The van der Waals surface area contributed by atoms with Gasteiger partial charge in [-0.25, -0.2) is 10.4 Å². The molecule has 0 bridgehead atoms. The average Bonchev–Trinajstić information content (AvgIpc) is 2.59. The fraction of sp³-hybridized carbons (Fsp3) is 0.0588. The number of hydrazone groups is 1. The van der Waals surface area contributed by atoms with Crippen molar-refractivity contribution in [2.45, 2.75) is 6.92 Å². The van der Waals surface area contributed by atoms with Crippen LogP contribution in [-0.2, 0) is 0 Å². The van der Waals surface area contributed by atoms with Crippen LogP contribution in [0.3, 0.4) is 0 Å². The van der Waals surface area contributed by atoms with Crippen molar-refractivity contribution in [2.24, 2.45) is 5.10 Å².